The molecule has 0 radical (unpaired) electrons. The topological polar surface area (TPSA) is 53.0 Å². The van der Waals surface area contributed by atoms with E-state index in [2.05, 4.69) is 4.99 Å². The SMILES string of the molecule is Cc1cc(CN=C(N(C)C)N(C)C)ccc1S(C)(=O)=O.I. The highest BCUT2D eigenvalue weighted by Gasteiger charge is 2.11. The number of aryl methyl sites for hydroxylation is 1. The highest BCUT2D eigenvalue weighted by molar-refractivity contribution is 14.0. The maximum absolute atomic E-state index is 11.6. The Kier molecular flexibility index (Phi) is 7.66. The van der Waals surface area contributed by atoms with E-state index in [0.29, 0.717) is 11.4 Å². The van der Waals surface area contributed by atoms with Crippen molar-refractivity contribution >= 4 is 39.8 Å². The van der Waals surface area contributed by atoms with Gasteiger partial charge in [-0.25, -0.2) is 13.4 Å². The Morgan fingerprint density at radius 2 is 1.67 bits per heavy atom. The quantitative estimate of drug-likeness (QED) is 0.423. The highest BCUT2D eigenvalue weighted by Crippen LogP contribution is 2.17. The average molecular weight is 425 g/mol. The van der Waals surface area contributed by atoms with Gasteiger partial charge in [-0.3, -0.25) is 0 Å². The van der Waals surface area contributed by atoms with E-state index in [9.17, 15) is 8.42 Å². The summed E-state index contributed by atoms with van der Waals surface area (Å²) in [5, 5.41) is 0. The van der Waals surface area contributed by atoms with Crippen LogP contribution in [0.4, 0.5) is 0 Å². The number of hydrogen-bond acceptors (Lipinski definition) is 3. The van der Waals surface area contributed by atoms with Gasteiger partial charge in [0.25, 0.3) is 0 Å². The van der Waals surface area contributed by atoms with E-state index in [1.807, 2.05) is 57.0 Å². The predicted molar refractivity (Wildman–Crippen MR) is 98.2 cm³/mol. The predicted octanol–water partition coefficient (Wildman–Crippen LogP) is 2.00. The fourth-order valence-electron chi connectivity index (χ4n) is 2.07. The lowest BCUT2D eigenvalue weighted by Gasteiger charge is -2.22. The van der Waals surface area contributed by atoms with Crippen LogP contribution in [0.2, 0.25) is 0 Å². The largest absolute Gasteiger partial charge is 0.349 e. The van der Waals surface area contributed by atoms with Crippen LogP contribution in [-0.4, -0.2) is 58.6 Å². The van der Waals surface area contributed by atoms with Gasteiger partial charge in [-0.15, -0.1) is 24.0 Å². The molecule has 0 aliphatic heterocycles. The van der Waals surface area contributed by atoms with E-state index < -0.39 is 9.84 Å². The molecule has 120 valence electrons. The first-order valence-corrected chi connectivity index (χ1v) is 8.20. The van der Waals surface area contributed by atoms with E-state index in [1.165, 1.54) is 6.26 Å². The van der Waals surface area contributed by atoms with Crippen molar-refractivity contribution in [3.63, 3.8) is 0 Å². The summed E-state index contributed by atoms with van der Waals surface area (Å²) in [5.74, 6) is 0.870. The second-order valence-electron chi connectivity index (χ2n) is 5.28. The van der Waals surface area contributed by atoms with Gasteiger partial charge in [0.15, 0.2) is 15.8 Å². The van der Waals surface area contributed by atoms with Crippen LogP contribution in [0.25, 0.3) is 0 Å². The molecular formula is C14H24IN3O2S. The molecule has 0 atom stereocenters. The molecule has 5 nitrogen and oxygen atoms in total. The van der Waals surface area contributed by atoms with E-state index in [0.717, 1.165) is 17.1 Å². The van der Waals surface area contributed by atoms with Crippen LogP contribution in [0.3, 0.4) is 0 Å². The van der Waals surface area contributed by atoms with Crippen LogP contribution in [0.5, 0.6) is 0 Å². The normalized spacial score (nSPS) is 10.6. The zero-order chi connectivity index (χ0) is 15.5. The molecule has 0 aliphatic rings. The Hall–Kier alpha value is -0.830. The second kappa shape index (κ2) is 7.98. The van der Waals surface area contributed by atoms with E-state index in [-0.39, 0.29) is 24.0 Å². The maximum Gasteiger partial charge on any atom is 0.195 e. The molecule has 1 rings (SSSR count). The second-order valence-corrected chi connectivity index (χ2v) is 7.26. The standard InChI is InChI=1S/C14H23N3O2S.HI/c1-11-9-12(7-8-13(11)20(6,18)19)10-15-14(16(2)3)17(4)5;/h7-9H,10H2,1-6H3;1H. The van der Waals surface area contributed by atoms with Crippen molar-refractivity contribution in [2.75, 3.05) is 34.4 Å². The number of hydrogen-bond donors (Lipinski definition) is 0. The molecule has 21 heavy (non-hydrogen) atoms. The molecule has 0 aliphatic carbocycles. The van der Waals surface area contributed by atoms with Gasteiger partial charge >= 0.3 is 0 Å². The summed E-state index contributed by atoms with van der Waals surface area (Å²) in [7, 11) is 4.60. The fraction of sp³-hybridized carbons (Fsp3) is 0.500. The first kappa shape index (κ1) is 20.2. The van der Waals surface area contributed by atoms with Crippen molar-refractivity contribution in [2.24, 2.45) is 4.99 Å². The first-order valence-electron chi connectivity index (χ1n) is 6.31. The third kappa shape index (κ3) is 5.82. The van der Waals surface area contributed by atoms with Crippen molar-refractivity contribution in [3.05, 3.63) is 29.3 Å². The van der Waals surface area contributed by atoms with Gasteiger partial charge in [-0.2, -0.15) is 0 Å². The fourth-order valence-corrected chi connectivity index (χ4v) is 3.03. The lowest BCUT2D eigenvalue weighted by Crippen LogP contribution is -2.35. The molecule has 0 fully saturated rings. The minimum absolute atomic E-state index is 0. The monoisotopic (exact) mass is 425 g/mol. The zero-order valence-electron chi connectivity index (χ0n) is 13.4. The summed E-state index contributed by atoms with van der Waals surface area (Å²) in [5.41, 5.74) is 1.76. The van der Waals surface area contributed by atoms with E-state index in [4.69, 9.17) is 0 Å². The third-order valence-electron chi connectivity index (χ3n) is 2.84. The van der Waals surface area contributed by atoms with Crippen molar-refractivity contribution in [3.8, 4) is 0 Å². The minimum atomic E-state index is -3.16. The van der Waals surface area contributed by atoms with Crippen LogP contribution in [0.15, 0.2) is 28.1 Å². The zero-order valence-corrected chi connectivity index (χ0v) is 16.6. The van der Waals surface area contributed by atoms with Crippen LogP contribution in [0.1, 0.15) is 11.1 Å². The van der Waals surface area contributed by atoms with Crippen LogP contribution in [-0.2, 0) is 16.4 Å². The Labute approximate surface area is 145 Å². The number of nitrogens with zero attached hydrogens (tertiary/aromatic N) is 3. The Bertz CT molecular complexity index is 601. The molecule has 0 unspecified atom stereocenters. The third-order valence-corrected chi connectivity index (χ3v) is 4.10. The molecule has 0 N–H and O–H groups in total. The van der Waals surface area contributed by atoms with Gasteiger partial charge in [-0.1, -0.05) is 12.1 Å². The molecule has 1 aromatic carbocycles. The van der Waals surface area contributed by atoms with Gasteiger partial charge < -0.3 is 9.80 Å². The van der Waals surface area contributed by atoms with Crippen molar-refractivity contribution in [1.82, 2.24) is 9.80 Å². The van der Waals surface area contributed by atoms with E-state index in [1.54, 1.807) is 6.07 Å². The highest BCUT2D eigenvalue weighted by atomic mass is 127. The molecule has 0 aromatic heterocycles. The maximum atomic E-state index is 11.6. The smallest absolute Gasteiger partial charge is 0.195 e. The van der Waals surface area contributed by atoms with Crippen molar-refractivity contribution in [2.45, 2.75) is 18.4 Å². The first-order chi connectivity index (χ1) is 9.12. The molecule has 7 heteroatoms. The summed E-state index contributed by atoms with van der Waals surface area (Å²) in [6.07, 6.45) is 1.23. The Morgan fingerprint density at radius 1 is 1.14 bits per heavy atom. The molecule has 0 saturated heterocycles. The molecule has 0 spiro atoms. The van der Waals surface area contributed by atoms with Crippen LogP contribution in [0, 0.1) is 6.92 Å². The van der Waals surface area contributed by atoms with Gasteiger partial charge in [0.2, 0.25) is 0 Å². The minimum Gasteiger partial charge on any atom is -0.349 e. The van der Waals surface area contributed by atoms with Gasteiger partial charge in [0, 0.05) is 34.4 Å². The number of benzene rings is 1. The molecule has 0 heterocycles. The van der Waals surface area contributed by atoms with Gasteiger partial charge in [-0.05, 0) is 24.1 Å². The number of halogens is 1. The summed E-state index contributed by atoms with van der Waals surface area (Å²) in [6, 6.07) is 5.35. The molecule has 0 amide bonds. The molecule has 0 bridgehead atoms. The van der Waals surface area contributed by atoms with E-state index >= 15 is 0 Å². The van der Waals surface area contributed by atoms with Crippen LogP contribution < -0.4 is 0 Å². The van der Waals surface area contributed by atoms with Crippen LogP contribution >= 0.6 is 24.0 Å². The van der Waals surface area contributed by atoms with Gasteiger partial charge in [0.05, 0.1) is 11.4 Å². The van der Waals surface area contributed by atoms with Crippen molar-refractivity contribution in [1.29, 1.82) is 0 Å². The molecule has 0 saturated carbocycles. The number of guanidine groups is 1. The lowest BCUT2D eigenvalue weighted by atomic mass is 10.1. The average Bonchev–Trinajstić information content (AvgIpc) is 2.26. The van der Waals surface area contributed by atoms with Crippen molar-refractivity contribution < 1.29 is 8.42 Å². The number of sulfone groups is 1. The number of rotatable bonds is 3. The van der Waals surface area contributed by atoms with Gasteiger partial charge in [0.1, 0.15) is 0 Å². The summed E-state index contributed by atoms with van der Waals surface area (Å²) >= 11 is 0. The Morgan fingerprint density at radius 3 is 2.05 bits per heavy atom. The summed E-state index contributed by atoms with van der Waals surface area (Å²) < 4.78 is 23.1. The number of aliphatic imine (C=N–C) groups is 1. The molecule has 1 aromatic rings. The molecular weight excluding hydrogens is 401 g/mol. The Balaban J connectivity index is 0.00000400. The lowest BCUT2D eigenvalue weighted by molar-refractivity contribution is 0.479. The summed E-state index contributed by atoms with van der Waals surface area (Å²) in [6.45, 7) is 2.33. The summed E-state index contributed by atoms with van der Waals surface area (Å²) in [4.78, 5) is 8.81.